The van der Waals surface area contributed by atoms with Crippen LogP contribution in [0, 0.1) is 0 Å². The molecule has 1 saturated heterocycles. The summed E-state index contributed by atoms with van der Waals surface area (Å²) in [6.45, 7) is 2.09. The Balaban J connectivity index is 1.67. The van der Waals surface area contributed by atoms with Crippen LogP contribution in [-0.4, -0.2) is 25.2 Å². The molecule has 1 saturated carbocycles. The topological polar surface area (TPSA) is 33.3 Å². The molecule has 1 spiro atoms. The Hall–Kier alpha value is -1.06. The molecule has 1 aliphatic carbocycles. The zero-order valence-corrected chi connectivity index (χ0v) is 12.5. The molecule has 1 aliphatic heterocycles. The molecule has 110 valence electrons. The second-order valence-corrected chi connectivity index (χ2v) is 6.18. The molecule has 1 unspecified atom stereocenters. The molecule has 1 aromatic carbocycles. The first-order chi connectivity index (χ1) is 9.84. The Bertz CT molecular complexity index is 440. The standard InChI is InChI=1S/C17H26N2O/c1-20-15-8-3-2-7-14(15)13-18-16-9-6-12-19-17(16)10-4-5-11-17/h2-3,7-8,16,18-19H,4-6,9-13H2,1H3. The normalized spacial score (nSPS) is 24.9. The van der Waals surface area contributed by atoms with Gasteiger partial charge in [0.05, 0.1) is 7.11 Å². The van der Waals surface area contributed by atoms with Gasteiger partial charge >= 0.3 is 0 Å². The van der Waals surface area contributed by atoms with Gasteiger partial charge in [-0.2, -0.15) is 0 Å². The fourth-order valence-corrected chi connectivity index (χ4v) is 3.95. The van der Waals surface area contributed by atoms with Crippen LogP contribution < -0.4 is 15.4 Å². The molecule has 2 fully saturated rings. The molecule has 0 bridgehead atoms. The average molecular weight is 274 g/mol. The van der Waals surface area contributed by atoms with Crippen LogP contribution >= 0.6 is 0 Å². The first kappa shape index (κ1) is 13.9. The summed E-state index contributed by atoms with van der Waals surface area (Å²) in [5.74, 6) is 0.990. The lowest BCUT2D eigenvalue weighted by Gasteiger charge is -2.43. The summed E-state index contributed by atoms with van der Waals surface area (Å²) < 4.78 is 5.45. The third-order valence-corrected chi connectivity index (χ3v) is 5.04. The lowest BCUT2D eigenvalue weighted by atomic mass is 9.82. The molecule has 2 aliphatic rings. The van der Waals surface area contributed by atoms with Crippen LogP contribution in [-0.2, 0) is 6.54 Å². The highest BCUT2D eigenvalue weighted by Gasteiger charge is 2.42. The van der Waals surface area contributed by atoms with Gasteiger partial charge in [-0.05, 0) is 38.3 Å². The first-order valence-electron chi connectivity index (χ1n) is 7.94. The second-order valence-electron chi connectivity index (χ2n) is 6.18. The summed E-state index contributed by atoms with van der Waals surface area (Å²) in [5.41, 5.74) is 1.62. The summed E-state index contributed by atoms with van der Waals surface area (Å²) in [7, 11) is 1.75. The number of ether oxygens (including phenoxy) is 1. The van der Waals surface area contributed by atoms with E-state index in [-0.39, 0.29) is 0 Å². The lowest BCUT2D eigenvalue weighted by molar-refractivity contribution is 0.186. The SMILES string of the molecule is COc1ccccc1CNC1CCCNC12CCCC2. The fraction of sp³-hybridized carbons (Fsp3) is 0.647. The van der Waals surface area contributed by atoms with E-state index < -0.39 is 0 Å². The first-order valence-corrected chi connectivity index (χ1v) is 7.94. The number of nitrogens with one attached hydrogen (secondary N) is 2. The minimum Gasteiger partial charge on any atom is -0.496 e. The van der Waals surface area contributed by atoms with Gasteiger partial charge in [-0.1, -0.05) is 31.0 Å². The van der Waals surface area contributed by atoms with E-state index in [4.69, 9.17) is 4.74 Å². The maximum Gasteiger partial charge on any atom is 0.123 e. The molecule has 1 aromatic rings. The Kier molecular flexibility index (Phi) is 4.27. The molecular formula is C17H26N2O. The van der Waals surface area contributed by atoms with Gasteiger partial charge in [0.25, 0.3) is 0 Å². The highest BCUT2D eigenvalue weighted by molar-refractivity contribution is 5.33. The van der Waals surface area contributed by atoms with Crippen LogP contribution in [0.1, 0.15) is 44.1 Å². The van der Waals surface area contributed by atoms with Crippen LogP contribution in [0.15, 0.2) is 24.3 Å². The molecule has 0 aromatic heterocycles. The Labute approximate surface area is 122 Å². The Morgan fingerprint density at radius 1 is 1.25 bits per heavy atom. The van der Waals surface area contributed by atoms with Gasteiger partial charge in [0.15, 0.2) is 0 Å². The maximum absolute atomic E-state index is 5.45. The van der Waals surface area contributed by atoms with Crippen LogP contribution in [0.5, 0.6) is 5.75 Å². The van der Waals surface area contributed by atoms with E-state index in [1.165, 1.54) is 50.6 Å². The van der Waals surface area contributed by atoms with E-state index in [0.717, 1.165) is 12.3 Å². The van der Waals surface area contributed by atoms with Crippen LogP contribution in [0.4, 0.5) is 0 Å². The number of para-hydroxylation sites is 1. The van der Waals surface area contributed by atoms with E-state index in [1.807, 2.05) is 12.1 Å². The van der Waals surface area contributed by atoms with Crippen molar-refractivity contribution in [1.82, 2.24) is 10.6 Å². The van der Waals surface area contributed by atoms with E-state index in [9.17, 15) is 0 Å². The highest BCUT2D eigenvalue weighted by atomic mass is 16.5. The minimum absolute atomic E-state index is 0.361. The predicted octanol–water partition coefficient (Wildman–Crippen LogP) is 2.85. The summed E-state index contributed by atoms with van der Waals surface area (Å²) in [6.07, 6.45) is 7.99. The third-order valence-electron chi connectivity index (χ3n) is 5.04. The van der Waals surface area contributed by atoms with E-state index in [1.54, 1.807) is 7.11 Å². The van der Waals surface area contributed by atoms with Crippen LogP contribution in [0.2, 0.25) is 0 Å². The highest BCUT2D eigenvalue weighted by Crippen LogP contribution is 2.36. The van der Waals surface area contributed by atoms with Gasteiger partial charge in [0.2, 0.25) is 0 Å². The summed E-state index contributed by atoms with van der Waals surface area (Å²) in [6, 6.07) is 8.92. The number of benzene rings is 1. The number of rotatable bonds is 4. The largest absolute Gasteiger partial charge is 0.496 e. The number of hydrogen-bond acceptors (Lipinski definition) is 3. The monoisotopic (exact) mass is 274 g/mol. The molecule has 3 rings (SSSR count). The van der Waals surface area contributed by atoms with Gasteiger partial charge < -0.3 is 15.4 Å². The van der Waals surface area contributed by atoms with Crippen molar-refractivity contribution in [3.05, 3.63) is 29.8 Å². The lowest BCUT2D eigenvalue weighted by Crippen LogP contribution is -2.61. The molecule has 0 amide bonds. The Morgan fingerprint density at radius 3 is 2.85 bits per heavy atom. The van der Waals surface area contributed by atoms with E-state index in [0.29, 0.717) is 11.6 Å². The molecule has 1 heterocycles. The molecule has 1 atom stereocenters. The third kappa shape index (κ3) is 2.70. The predicted molar refractivity (Wildman–Crippen MR) is 82.1 cm³/mol. The number of piperidine rings is 1. The van der Waals surface area contributed by atoms with Gasteiger partial charge in [-0.3, -0.25) is 0 Å². The average Bonchev–Trinajstić information content (AvgIpc) is 2.96. The fourth-order valence-electron chi connectivity index (χ4n) is 3.95. The van der Waals surface area contributed by atoms with E-state index >= 15 is 0 Å². The number of methoxy groups -OCH3 is 1. The van der Waals surface area contributed by atoms with Crippen molar-refractivity contribution in [3.63, 3.8) is 0 Å². The smallest absolute Gasteiger partial charge is 0.123 e. The van der Waals surface area contributed by atoms with E-state index in [2.05, 4.69) is 22.8 Å². The van der Waals surface area contributed by atoms with Gasteiger partial charge in [0, 0.05) is 23.7 Å². The summed E-state index contributed by atoms with van der Waals surface area (Å²) >= 11 is 0. The van der Waals surface area contributed by atoms with Crippen molar-refractivity contribution in [2.24, 2.45) is 0 Å². The van der Waals surface area contributed by atoms with Crippen LogP contribution in [0.25, 0.3) is 0 Å². The minimum atomic E-state index is 0.361. The molecular weight excluding hydrogens is 248 g/mol. The second kappa shape index (κ2) is 6.15. The molecule has 3 nitrogen and oxygen atoms in total. The summed E-state index contributed by atoms with van der Waals surface area (Å²) in [4.78, 5) is 0. The molecule has 3 heteroatoms. The van der Waals surface area contributed by atoms with Gasteiger partial charge in [-0.15, -0.1) is 0 Å². The van der Waals surface area contributed by atoms with Crippen molar-refractivity contribution in [2.75, 3.05) is 13.7 Å². The zero-order chi connectivity index (χ0) is 13.8. The summed E-state index contributed by atoms with van der Waals surface area (Å²) in [5, 5.41) is 7.62. The quantitative estimate of drug-likeness (QED) is 0.886. The van der Waals surface area contributed by atoms with Crippen LogP contribution in [0.3, 0.4) is 0 Å². The molecule has 0 radical (unpaired) electrons. The Morgan fingerprint density at radius 2 is 2.05 bits per heavy atom. The van der Waals surface area contributed by atoms with Crippen molar-refractivity contribution < 1.29 is 4.74 Å². The molecule has 20 heavy (non-hydrogen) atoms. The maximum atomic E-state index is 5.45. The van der Waals surface area contributed by atoms with Crippen molar-refractivity contribution in [3.8, 4) is 5.75 Å². The van der Waals surface area contributed by atoms with Crippen molar-refractivity contribution >= 4 is 0 Å². The molecule has 2 N–H and O–H groups in total. The van der Waals surface area contributed by atoms with Crippen molar-refractivity contribution in [2.45, 2.75) is 56.7 Å². The van der Waals surface area contributed by atoms with Gasteiger partial charge in [-0.25, -0.2) is 0 Å². The zero-order valence-electron chi connectivity index (χ0n) is 12.5. The van der Waals surface area contributed by atoms with Gasteiger partial charge in [0.1, 0.15) is 5.75 Å². The van der Waals surface area contributed by atoms with Crippen molar-refractivity contribution in [1.29, 1.82) is 0 Å². The number of hydrogen-bond donors (Lipinski definition) is 2.